The van der Waals surface area contributed by atoms with Crippen LogP contribution >= 0.6 is 15.9 Å². The van der Waals surface area contributed by atoms with Crippen LogP contribution in [0.2, 0.25) is 0 Å². The Kier molecular flexibility index (Phi) is 3.58. The molecule has 0 aliphatic rings. The molecule has 0 radical (unpaired) electrons. The number of hydrogen-bond donors (Lipinski definition) is 0. The van der Waals surface area contributed by atoms with Gasteiger partial charge in [-0.1, -0.05) is 0 Å². The highest BCUT2D eigenvalue weighted by Gasteiger charge is 2.05. The van der Waals surface area contributed by atoms with Crippen molar-refractivity contribution in [1.29, 1.82) is 5.26 Å². The predicted molar refractivity (Wildman–Crippen MR) is 67.9 cm³/mol. The molecule has 0 atom stereocenters. The van der Waals surface area contributed by atoms with Crippen LogP contribution in [-0.4, -0.2) is 4.98 Å². The smallest absolute Gasteiger partial charge is 0.220 e. The van der Waals surface area contributed by atoms with E-state index in [0.29, 0.717) is 21.5 Å². The molecule has 0 saturated carbocycles. The van der Waals surface area contributed by atoms with Gasteiger partial charge in [0.15, 0.2) is 0 Å². The number of aryl methyl sites for hydroxylation is 1. The van der Waals surface area contributed by atoms with Crippen LogP contribution in [0.4, 0.5) is 4.39 Å². The van der Waals surface area contributed by atoms with E-state index < -0.39 is 5.82 Å². The first-order valence-electron chi connectivity index (χ1n) is 5.10. The summed E-state index contributed by atoms with van der Waals surface area (Å²) in [5, 5.41) is 8.83. The zero-order valence-electron chi connectivity index (χ0n) is 9.45. The number of aromatic nitrogens is 1. The van der Waals surface area contributed by atoms with Gasteiger partial charge in [-0.15, -0.1) is 0 Å². The monoisotopic (exact) mass is 306 g/mol. The number of pyridine rings is 1. The van der Waals surface area contributed by atoms with E-state index in [4.69, 9.17) is 10.00 Å². The molecule has 18 heavy (non-hydrogen) atoms. The van der Waals surface area contributed by atoms with Gasteiger partial charge in [-0.3, -0.25) is 0 Å². The number of halogens is 2. The summed E-state index contributed by atoms with van der Waals surface area (Å²) in [6, 6.07) is 9.58. The third kappa shape index (κ3) is 2.84. The Morgan fingerprint density at radius 1 is 1.33 bits per heavy atom. The molecule has 0 fully saturated rings. The van der Waals surface area contributed by atoms with Crippen molar-refractivity contribution >= 4 is 15.9 Å². The molecular formula is C13H8BrFN2O. The van der Waals surface area contributed by atoms with Crippen molar-refractivity contribution in [1.82, 2.24) is 4.98 Å². The quantitative estimate of drug-likeness (QED) is 0.843. The molecule has 0 amide bonds. The second-order valence-electron chi connectivity index (χ2n) is 3.63. The number of nitrogens with zero attached hydrogens (tertiary/aromatic N) is 2. The molecule has 0 aliphatic heterocycles. The summed E-state index contributed by atoms with van der Waals surface area (Å²) in [5.74, 6) is 0.187. The van der Waals surface area contributed by atoms with Crippen molar-refractivity contribution in [2.24, 2.45) is 0 Å². The molecule has 1 heterocycles. The fourth-order valence-electron chi connectivity index (χ4n) is 1.42. The van der Waals surface area contributed by atoms with Gasteiger partial charge in [0.05, 0.1) is 16.1 Å². The molecule has 0 saturated heterocycles. The van der Waals surface area contributed by atoms with E-state index in [1.807, 2.05) is 6.07 Å². The second kappa shape index (κ2) is 5.15. The summed E-state index contributed by atoms with van der Waals surface area (Å²) in [6.45, 7) is 1.76. The fourth-order valence-corrected chi connectivity index (χ4v) is 1.66. The lowest BCUT2D eigenvalue weighted by Crippen LogP contribution is -1.92. The molecule has 0 bridgehead atoms. The van der Waals surface area contributed by atoms with Gasteiger partial charge < -0.3 is 4.74 Å². The maximum absolute atomic E-state index is 13.3. The molecule has 2 rings (SSSR count). The average Bonchev–Trinajstić information content (AvgIpc) is 2.33. The van der Waals surface area contributed by atoms with Gasteiger partial charge >= 0.3 is 0 Å². The zero-order valence-corrected chi connectivity index (χ0v) is 11.0. The standard InChI is InChI=1S/C13H8BrFN2O/c1-8-4-9(7-16)5-13(17-8)18-10-2-3-11(14)12(15)6-10/h2-6H,1H3. The molecular weight excluding hydrogens is 299 g/mol. The van der Waals surface area contributed by atoms with E-state index in [9.17, 15) is 4.39 Å². The van der Waals surface area contributed by atoms with Crippen molar-refractivity contribution in [3.05, 3.63) is 51.9 Å². The molecule has 0 N–H and O–H groups in total. The summed E-state index contributed by atoms with van der Waals surface area (Å²) >= 11 is 3.06. The maximum Gasteiger partial charge on any atom is 0.220 e. The fraction of sp³-hybridized carbons (Fsp3) is 0.0769. The number of nitriles is 1. The lowest BCUT2D eigenvalue weighted by atomic mass is 10.2. The molecule has 1 aromatic carbocycles. The Hall–Kier alpha value is -1.93. The van der Waals surface area contributed by atoms with Crippen LogP contribution in [0.1, 0.15) is 11.3 Å². The Morgan fingerprint density at radius 2 is 2.11 bits per heavy atom. The minimum Gasteiger partial charge on any atom is -0.439 e. The molecule has 5 heteroatoms. The number of benzene rings is 1. The van der Waals surface area contributed by atoms with Crippen LogP contribution < -0.4 is 4.74 Å². The molecule has 3 nitrogen and oxygen atoms in total. The van der Waals surface area contributed by atoms with E-state index in [-0.39, 0.29) is 5.88 Å². The van der Waals surface area contributed by atoms with Gasteiger partial charge in [-0.25, -0.2) is 9.37 Å². The molecule has 0 aliphatic carbocycles. The van der Waals surface area contributed by atoms with Crippen molar-refractivity contribution in [2.75, 3.05) is 0 Å². The Morgan fingerprint density at radius 3 is 2.78 bits per heavy atom. The van der Waals surface area contributed by atoms with E-state index in [1.165, 1.54) is 12.1 Å². The minimum atomic E-state index is -0.416. The molecule has 90 valence electrons. The lowest BCUT2D eigenvalue weighted by Gasteiger charge is -2.06. The van der Waals surface area contributed by atoms with Gasteiger partial charge in [0.1, 0.15) is 11.6 Å². The maximum atomic E-state index is 13.3. The van der Waals surface area contributed by atoms with Gasteiger partial charge in [0.2, 0.25) is 5.88 Å². The molecule has 2 aromatic rings. The lowest BCUT2D eigenvalue weighted by molar-refractivity contribution is 0.456. The second-order valence-corrected chi connectivity index (χ2v) is 4.48. The minimum absolute atomic E-state index is 0.272. The average molecular weight is 307 g/mol. The van der Waals surface area contributed by atoms with Gasteiger partial charge in [0, 0.05) is 17.8 Å². The summed E-state index contributed by atoms with van der Waals surface area (Å²) in [7, 11) is 0. The first kappa shape index (κ1) is 12.5. The van der Waals surface area contributed by atoms with Crippen molar-refractivity contribution in [3.63, 3.8) is 0 Å². The number of ether oxygens (including phenoxy) is 1. The Balaban J connectivity index is 2.31. The summed E-state index contributed by atoms with van der Waals surface area (Å²) in [4.78, 5) is 4.12. The molecule has 1 aromatic heterocycles. The summed E-state index contributed by atoms with van der Waals surface area (Å²) in [6.07, 6.45) is 0. The highest BCUT2D eigenvalue weighted by molar-refractivity contribution is 9.10. The SMILES string of the molecule is Cc1cc(C#N)cc(Oc2ccc(Br)c(F)c2)n1. The van der Waals surface area contributed by atoms with Crippen molar-refractivity contribution in [2.45, 2.75) is 6.92 Å². The Labute approximate surface area is 112 Å². The van der Waals surface area contributed by atoms with Gasteiger partial charge in [-0.2, -0.15) is 5.26 Å². The number of rotatable bonds is 2. The first-order valence-corrected chi connectivity index (χ1v) is 5.89. The van der Waals surface area contributed by atoms with Gasteiger partial charge in [0.25, 0.3) is 0 Å². The van der Waals surface area contributed by atoms with E-state index in [2.05, 4.69) is 20.9 Å². The largest absolute Gasteiger partial charge is 0.439 e. The number of hydrogen-bond acceptors (Lipinski definition) is 3. The third-order valence-corrected chi connectivity index (χ3v) is 2.82. The zero-order chi connectivity index (χ0) is 13.1. The summed E-state index contributed by atoms with van der Waals surface area (Å²) in [5.41, 5.74) is 1.12. The van der Waals surface area contributed by atoms with E-state index in [0.717, 1.165) is 0 Å². The highest BCUT2D eigenvalue weighted by Crippen LogP contribution is 2.25. The van der Waals surface area contributed by atoms with Crippen LogP contribution in [0.3, 0.4) is 0 Å². The van der Waals surface area contributed by atoms with Crippen LogP contribution in [0.25, 0.3) is 0 Å². The predicted octanol–water partition coefficient (Wildman–Crippen LogP) is 3.96. The van der Waals surface area contributed by atoms with Crippen LogP contribution in [0.15, 0.2) is 34.8 Å². The van der Waals surface area contributed by atoms with E-state index in [1.54, 1.807) is 25.1 Å². The summed E-state index contributed by atoms with van der Waals surface area (Å²) < 4.78 is 19.1. The van der Waals surface area contributed by atoms with Crippen molar-refractivity contribution < 1.29 is 9.13 Å². The normalized spacial score (nSPS) is 9.89. The highest BCUT2D eigenvalue weighted by atomic mass is 79.9. The molecule has 0 spiro atoms. The van der Waals surface area contributed by atoms with Crippen molar-refractivity contribution in [3.8, 4) is 17.7 Å². The van der Waals surface area contributed by atoms with Crippen LogP contribution in [0, 0.1) is 24.1 Å². The third-order valence-electron chi connectivity index (χ3n) is 2.17. The Bertz CT molecular complexity index is 637. The van der Waals surface area contributed by atoms with Gasteiger partial charge in [-0.05, 0) is 41.1 Å². The molecule has 0 unspecified atom stereocenters. The van der Waals surface area contributed by atoms with Crippen LogP contribution in [0.5, 0.6) is 11.6 Å². The van der Waals surface area contributed by atoms with Crippen LogP contribution in [-0.2, 0) is 0 Å². The first-order chi connectivity index (χ1) is 8.58. The van der Waals surface area contributed by atoms with E-state index >= 15 is 0 Å². The topological polar surface area (TPSA) is 45.9 Å².